The van der Waals surface area contributed by atoms with Crippen LogP contribution in [0.1, 0.15) is 50.2 Å². The number of dihydropyridines is 1. The molecule has 5 rings (SSSR count). The van der Waals surface area contributed by atoms with Gasteiger partial charge >= 0.3 is 11.9 Å². The zero-order valence-electron chi connectivity index (χ0n) is 22.4. The summed E-state index contributed by atoms with van der Waals surface area (Å²) in [5, 5.41) is 3.31. The zero-order chi connectivity index (χ0) is 27.7. The maximum Gasteiger partial charge on any atom is 0.336 e. The molecule has 0 fully saturated rings. The largest absolute Gasteiger partial charge is 0.497 e. The second-order valence-electron chi connectivity index (χ2n) is 9.50. The number of allylic oxidation sites excluding steroid dienone is 3. The second-order valence-corrected chi connectivity index (χ2v) is 9.50. The SMILES string of the molecule is CCOC(=O)C1=C(C)NC2=C(C(=O)[C@@H](C(=O)OCC)[C@@H](c3cccc(OC)c3)C2)[C@@H]1c1ccc2c(c1)OCO2. The Labute approximate surface area is 226 Å². The van der Waals surface area contributed by atoms with E-state index in [9.17, 15) is 14.4 Å². The number of ether oxygens (including phenoxy) is 5. The van der Waals surface area contributed by atoms with E-state index in [0.29, 0.717) is 51.8 Å². The number of rotatable bonds is 7. The van der Waals surface area contributed by atoms with Crippen molar-refractivity contribution in [3.8, 4) is 17.2 Å². The van der Waals surface area contributed by atoms with Gasteiger partial charge in [0.15, 0.2) is 17.3 Å². The van der Waals surface area contributed by atoms with Gasteiger partial charge in [0, 0.05) is 28.8 Å². The first-order valence-corrected chi connectivity index (χ1v) is 13.0. The van der Waals surface area contributed by atoms with Crippen molar-refractivity contribution in [1.82, 2.24) is 5.32 Å². The second kappa shape index (κ2) is 10.8. The zero-order valence-corrected chi connectivity index (χ0v) is 22.4. The van der Waals surface area contributed by atoms with Gasteiger partial charge in [0.25, 0.3) is 0 Å². The van der Waals surface area contributed by atoms with Gasteiger partial charge in [-0.15, -0.1) is 0 Å². The fourth-order valence-electron chi connectivity index (χ4n) is 5.63. The minimum atomic E-state index is -1.10. The van der Waals surface area contributed by atoms with E-state index >= 15 is 0 Å². The highest BCUT2D eigenvalue weighted by Crippen LogP contribution is 2.49. The topological polar surface area (TPSA) is 109 Å². The molecule has 2 aromatic carbocycles. The van der Waals surface area contributed by atoms with Crippen LogP contribution >= 0.6 is 0 Å². The lowest BCUT2D eigenvalue weighted by atomic mass is 9.67. The van der Waals surface area contributed by atoms with Gasteiger partial charge in [0.05, 0.1) is 25.9 Å². The van der Waals surface area contributed by atoms with E-state index in [4.69, 9.17) is 23.7 Å². The minimum Gasteiger partial charge on any atom is -0.497 e. The minimum absolute atomic E-state index is 0.0879. The van der Waals surface area contributed by atoms with Crippen LogP contribution in [0.15, 0.2) is 65.0 Å². The molecule has 0 radical (unpaired) electrons. The number of hydrogen-bond donors (Lipinski definition) is 1. The van der Waals surface area contributed by atoms with Crippen molar-refractivity contribution >= 4 is 17.7 Å². The standard InChI is InChI=1S/C30H31NO8/c1-5-36-29(33)24-16(3)31-21-14-20(17-8-7-9-19(12-17)35-4)26(30(34)37-6-2)28(32)27(21)25(24)18-10-11-22-23(13-18)39-15-38-22/h7-13,20,25-26,31H,5-6,14-15H2,1-4H3/t20-,25-,26+/m1/s1. The number of carbonyl (C=O) groups excluding carboxylic acids is 3. The van der Waals surface area contributed by atoms with Gasteiger partial charge in [-0.25, -0.2) is 4.79 Å². The first-order chi connectivity index (χ1) is 18.9. The van der Waals surface area contributed by atoms with Gasteiger partial charge in [-0.05, 0) is 62.6 Å². The third-order valence-electron chi connectivity index (χ3n) is 7.31. The number of fused-ring (bicyclic) bond motifs is 1. The van der Waals surface area contributed by atoms with Gasteiger partial charge in [0.1, 0.15) is 11.7 Å². The smallest absolute Gasteiger partial charge is 0.336 e. The first-order valence-electron chi connectivity index (χ1n) is 13.0. The Morgan fingerprint density at radius 3 is 2.51 bits per heavy atom. The number of nitrogens with one attached hydrogen (secondary N) is 1. The Morgan fingerprint density at radius 2 is 1.77 bits per heavy atom. The summed E-state index contributed by atoms with van der Waals surface area (Å²) in [6, 6.07) is 12.7. The molecule has 3 atom stereocenters. The van der Waals surface area contributed by atoms with Crippen molar-refractivity contribution in [1.29, 1.82) is 0 Å². The number of carbonyl (C=O) groups is 3. The quantitative estimate of drug-likeness (QED) is 0.415. The molecular weight excluding hydrogens is 502 g/mol. The lowest BCUT2D eigenvalue weighted by Gasteiger charge is -2.39. The van der Waals surface area contributed by atoms with Crippen molar-refractivity contribution < 1.29 is 38.1 Å². The Morgan fingerprint density at radius 1 is 1.00 bits per heavy atom. The van der Waals surface area contributed by atoms with Crippen LogP contribution in [0, 0.1) is 5.92 Å². The number of Topliss-reactive ketones (excluding diaryl/α,β-unsaturated/α-hetero) is 1. The summed E-state index contributed by atoms with van der Waals surface area (Å²) in [6.07, 6.45) is 0.353. The molecule has 204 valence electrons. The average molecular weight is 534 g/mol. The van der Waals surface area contributed by atoms with Gasteiger partial charge in [-0.2, -0.15) is 0 Å². The number of esters is 2. The molecule has 0 amide bonds. The van der Waals surface area contributed by atoms with Crippen LogP contribution in [-0.2, 0) is 23.9 Å². The lowest BCUT2D eigenvalue weighted by Crippen LogP contribution is -2.43. The first kappa shape index (κ1) is 26.3. The molecule has 39 heavy (non-hydrogen) atoms. The van der Waals surface area contributed by atoms with Crippen LogP contribution in [0.5, 0.6) is 17.2 Å². The highest BCUT2D eigenvalue weighted by atomic mass is 16.7. The fraction of sp³-hybridized carbons (Fsp3) is 0.367. The molecule has 9 heteroatoms. The summed E-state index contributed by atoms with van der Waals surface area (Å²) < 4.78 is 27.3. The summed E-state index contributed by atoms with van der Waals surface area (Å²) >= 11 is 0. The predicted molar refractivity (Wildman–Crippen MR) is 140 cm³/mol. The number of benzene rings is 2. The van der Waals surface area contributed by atoms with Crippen LogP contribution in [0.25, 0.3) is 0 Å². The molecular formula is C30H31NO8. The normalized spacial score (nSPS) is 21.7. The Balaban J connectivity index is 1.67. The molecule has 0 saturated carbocycles. The van der Waals surface area contributed by atoms with E-state index in [-0.39, 0.29) is 20.0 Å². The van der Waals surface area contributed by atoms with Crippen molar-refractivity contribution in [2.24, 2.45) is 5.92 Å². The highest BCUT2D eigenvalue weighted by Gasteiger charge is 2.49. The van der Waals surface area contributed by atoms with Crippen LogP contribution in [0.2, 0.25) is 0 Å². The molecule has 2 aliphatic heterocycles. The van der Waals surface area contributed by atoms with Gasteiger partial charge in [0.2, 0.25) is 6.79 Å². The van der Waals surface area contributed by atoms with Crippen molar-refractivity contribution in [3.05, 3.63) is 76.1 Å². The molecule has 0 spiro atoms. The van der Waals surface area contributed by atoms with Crippen LogP contribution < -0.4 is 19.5 Å². The van der Waals surface area contributed by atoms with E-state index in [1.54, 1.807) is 46.1 Å². The van der Waals surface area contributed by atoms with Gasteiger partial charge < -0.3 is 29.0 Å². The molecule has 2 heterocycles. The third kappa shape index (κ3) is 4.73. The maximum absolute atomic E-state index is 14.4. The van der Waals surface area contributed by atoms with Crippen molar-refractivity contribution in [2.75, 3.05) is 27.1 Å². The van der Waals surface area contributed by atoms with Gasteiger partial charge in [-0.3, -0.25) is 9.59 Å². The maximum atomic E-state index is 14.4. The summed E-state index contributed by atoms with van der Waals surface area (Å²) in [4.78, 5) is 41.0. The molecule has 0 saturated heterocycles. The number of hydrogen-bond acceptors (Lipinski definition) is 9. The van der Waals surface area contributed by atoms with Crippen LogP contribution in [0.3, 0.4) is 0 Å². The summed E-state index contributed by atoms with van der Waals surface area (Å²) in [6.45, 7) is 5.62. The summed E-state index contributed by atoms with van der Waals surface area (Å²) in [7, 11) is 1.57. The van der Waals surface area contributed by atoms with Crippen LogP contribution in [-0.4, -0.2) is 44.8 Å². The van der Waals surface area contributed by atoms with Crippen LogP contribution in [0.4, 0.5) is 0 Å². The van der Waals surface area contributed by atoms with Crippen molar-refractivity contribution in [3.63, 3.8) is 0 Å². The molecule has 1 aliphatic carbocycles. The average Bonchev–Trinajstić information content (AvgIpc) is 3.40. The van der Waals surface area contributed by atoms with Crippen molar-refractivity contribution in [2.45, 2.75) is 39.0 Å². The lowest BCUT2D eigenvalue weighted by molar-refractivity contribution is -0.152. The fourth-order valence-corrected chi connectivity index (χ4v) is 5.63. The van der Waals surface area contributed by atoms with E-state index in [0.717, 1.165) is 5.56 Å². The molecule has 1 N–H and O–H groups in total. The van der Waals surface area contributed by atoms with E-state index in [2.05, 4.69) is 5.32 Å². The molecule has 0 unspecified atom stereocenters. The monoisotopic (exact) mass is 533 g/mol. The Hall–Kier alpha value is -4.27. The summed E-state index contributed by atoms with van der Waals surface area (Å²) in [5.74, 6) is -2.17. The van der Waals surface area contributed by atoms with Gasteiger partial charge in [-0.1, -0.05) is 18.2 Å². The highest BCUT2D eigenvalue weighted by molar-refractivity contribution is 6.13. The molecule has 0 bridgehead atoms. The van der Waals surface area contributed by atoms with E-state index in [1.165, 1.54) is 0 Å². The third-order valence-corrected chi connectivity index (χ3v) is 7.31. The number of ketones is 1. The number of methoxy groups -OCH3 is 1. The van der Waals surface area contributed by atoms with E-state index < -0.39 is 35.5 Å². The predicted octanol–water partition coefficient (Wildman–Crippen LogP) is 4.14. The molecule has 3 aliphatic rings. The molecule has 2 aromatic rings. The molecule has 9 nitrogen and oxygen atoms in total. The Kier molecular flexibility index (Phi) is 7.32. The summed E-state index contributed by atoms with van der Waals surface area (Å²) in [5.41, 5.74) is 3.34. The van der Waals surface area contributed by atoms with E-state index in [1.807, 2.05) is 24.3 Å². The Bertz CT molecular complexity index is 1390. The molecule has 0 aromatic heterocycles.